The molecule has 2 rings (SSSR count). The van der Waals surface area contributed by atoms with Gasteiger partial charge in [0.15, 0.2) is 0 Å². The van der Waals surface area contributed by atoms with Crippen molar-refractivity contribution in [3.63, 3.8) is 0 Å². The molecule has 0 aliphatic heterocycles. The first-order valence-electron chi connectivity index (χ1n) is 7.30. The molecule has 0 saturated heterocycles. The maximum atomic E-state index is 2.36. The summed E-state index contributed by atoms with van der Waals surface area (Å²) in [5.74, 6) is 0. The molecule has 0 aromatic heterocycles. The average molecular weight is 272 g/mol. The van der Waals surface area contributed by atoms with Crippen LogP contribution in [-0.2, 0) is 0 Å². The molecule has 0 bridgehead atoms. The van der Waals surface area contributed by atoms with Crippen molar-refractivity contribution in [2.45, 2.75) is 41.0 Å². The molecular formula is C18H25P. The SMILES string of the molecule is CCP(CC)c1ccccc1C1=C(C)C(C)=C(C)C1. The molecule has 0 heterocycles. The van der Waals surface area contributed by atoms with E-state index in [1.807, 2.05) is 0 Å². The summed E-state index contributed by atoms with van der Waals surface area (Å²) in [7, 11) is 0.0115. The maximum absolute atomic E-state index is 2.36. The Morgan fingerprint density at radius 2 is 1.58 bits per heavy atom. The third-order valence-corrected chi connectivity index (χ3v) is 7.03. The molecule has 1 aliphatic carbocycles. The van der Waals surface area contributed by atoms with Crippen molar-refractivity contribution >= 4 is 18.8 Å². The van der Waals surface area contributed by atoms with Gasteiger partial charge in [0.2, 0.25) is 0 Å². The van der Waals surface area contributed by atoms with Gasteiger partial charge in [0.25, 0.3) is 0 Å². The van der Waals surface area contributed by atoms with Crippen LogP contribution in [0.15, 0.2) is 41.0 Å². The van der Waals surface area contributed by atoms with Crippen molar-refractivity contribution < 1.29 is 0 Å². The standard InChI is InChI=1S/C18H25P/c1-6-19(7-2)18-11-9-8-10-16(18)17-12-13(3)14(4)15(17)5/h8-11H,6-7,12H2,1-5H3. The first-order valence-corrected chi connectivity index (χ1v) is 9.02. The zero-order chi connectivity index (χ0) is 14.0. The molecule has 1 aromatic rings. The summed E-state index contributed by atoms with van der Waals surface area (Å²) in [5.41, 5.74) is 7.64. The third-order valence-electron chi connectivity index (χ3n) is 4.43. The number of allylic oxidation sites excluding steroid dienone is 4. The lowest BCUT2D eigenvalue weighted by molar-refractivity contribution is 1.22. The van der Waals surface area contributed by atoms with Gasteiger partial charge in [-0.1, -0.05) is 51.6 Å². The van der Waals surface area contributed by atoms with E-state index in [1.165, 1.54) is 29.0 Å². The molecule has 19 heavy (non-hydrogen) atoms. The van der Waals surface area contributed by atoms with E-state index in [1.54, 1.807) is 16.5 Å². The van der Waals surface area contributed by atoms with Crippen LogP contribution in [-0.4, -0.2) is 12.3 Å². The Hall–Kier alpha value is -0.870. The van der Waals surface area contributed by atoms with Gasteiger partial charge in [-0.3, -0.25) is 0 Å². The van der Waals surface area contributed by atoms with E-state index in [9.17, 15) is 0 Å². The predicted molar refractivity (Wildman–Crippen MR) is 89.7 cm³/mol. The van der Waals surface area contributed by atoms with Crippen LogP contribution in [0.4, 0.5) is 0 Å². The first kappa shape index (κ1) is 14.5. The molecule has 0 saturated carbocycles. The van der Waals surface area contributed by atoms with Crippen molar-refractivity contribution in [3.8, 4) is 0 Å². The van der Waals surface area contributed by atoms with Crippen molar-refractivity contribution in [2.24, 2.45) is 0 Å². The third kappa shape index (κ3) is 2.70. The van der Waals surface area contributed by atoms with Crippen molar-refractivity contribution in [1.29, 1.82) is 0 Å². The fourth-order valence-corrected chi connectivity index (χ4v) is 4.92. The van der Waals surface area contributed by atoms with Crippen LogP contribution in [0.3, 0.4) is 0 Å². The van der Waals surface area contributed by atoms with E-state index in [2.05, 4.69) is 58.9 Å². The zero-order valence-electron chi connectivity index (χ0n) is 12.9. The molecule has 1 aromatic carbocycles. The average Bonchev–Trinajstić information content (AvgIpc) is 2.68. The maximum Gasteiger partial charge on any atom is -0.00552 e. The number of rotatable bonds is 4. The molecule has 0 nitrogen and oxygen atoms in total. The molecule has 0 fully saturated rings. The Bertz CT molecular complexity index is 530. The van der Waals surface area contributed by atoms with E-state index in [-0.39, 0.29) is 7.92 Å². The normalized spacial score (nSPS) is 15.9. The van der Waals surface area contributed by atoms with Crippen LogP contribution in [0.1, 0.15) is 46.6 Å². The largest absolute Gasteiger partial charge is 0.0752 e. The summed E-state index contributed by atoms with van der Waals surface area (Å²) < 4.78 is 0. The predicted octanol–water partition coefficient (Wildman–Crippen LogP) is 5.35. The summed E-state index contributed by atoms with van der Waals surface area (Å²) >= 11 is 0. The minimum Gasteiger partial charge on any atom is -0.0752 e. The fourth-order valence-electron chi connectivity index (χ4n) is 2.94. The Balaban J connectivity index is 2.48. The van der Waals surface area contributed by atoms with Crippen LogP contribution in [0.2, 0.25) is 0 Å². The van der Waals surface area contributed by atoms with Crippen LogP contribution in [0.5, 0.6) is 0 Å². The smallest absolute Gasteiger partial charge is 0.00552 e. The lowest BCUT2D eigenvalue weighted by atomic mass is 10.0. The Morgan fingerprint density at radius 1 is 0.947 bits per heavy atom. The summed E-state index contributed by atoms with van der Waals surface area (Å²) in [6, 6.07) is 9.09. The lowest BCUT2D eigenvalue weighted by Gasteiger charge is -2.19. The molecule has 102 valence electrons. The number of benzene rings is 1. The molecule has 0 radical (unpaired) electrons. The van der Waals surface area contributed by atoms with Crippen LogP contribution in [0, 0.1) is 0 Å². The minimum absolute atomic E-state index is 0.0115. The summed E-state index contributed by atoms with van der Waals surface area (Å²) in [4.78, 5) is 0. The van der Waals surface area contributed by atoms with Crippen molar-refractivity contribution in [3.05, 3.63) is 46.5 Å². The van der Waals surface area contributed by atoms with Crippen LogP contribution >= 0.6 is 7.92 Å². The van der Waals surface area contributed by atoms with Gasteiger partial charge in [-0.25, -0.2) is 0 Å². The number of hydrogen-bond acceptors (Lipinski definition) is 0. The van der Waals surface area contributed by atoms with Gasteiger partial charge >= 0.3 is 0 Å². The molecule has 0 unspecified atom stereocenters. The van der Waals surface area contributed by atoms with Gasteiger partial charge in [0.05, 0.1) is 0 Å². The summed E-state index contributed by atoms with van der Waals surface area (Å²) in [5, 5.41) is 1.61. The van der Waals surface area contributed by atoms with Crippen LogP contribution < -0.4 is 5.30 Å². The molecule has 0 spiro atoms. The van der Waals surface area contributed by atoms with E-state index in [0.717, 1.165) is 6.42 Å². The fraction of sp³-hybridized carbons (Fsp3) is 0.444. The van der Waals surface area contributed by atoms with Crippen molar-refractivity contribution in [2.75, 3.05) is 12.3 Å². The topological polar surface area (TPSA) is 0 Å². The Labute approximate surface area is 119 Å². The van der Waals surface area contributed by atoms with E-state index in [4.69, 9.17) is 0 Å². The molecule has 0 amide bonds. The highest BCUT2D eigenvalue weighted by Gasteiger charge is 2.20. The summed E-state index contributed by atoms with van der Waals surface area (Å²) in [6.45, 7) is 11.5. The monoisotopic (exact) mass is 272 g/mol. The van der Waals surface area contributed by atoms with Crippen molar-refractivity contribution in [1.82, 2.24) is 0 Å². The van der Waals surface area contributed by atoms with Gasteiger partial charge in [-0.2, -0.15) is 0 Å². The first-order chi connectivity index (χ1) is 9.10. The van der Waals surface area contributed by atoms with Gasteiger partial charge in [0.1, 0.15) is 0 Å². The second-order valence-electron chi connectivity index (χ2n) is 5.38. The molecule has 1 aliphatic rings. The number of hydrogen-bond donors (Lipinski definition) is 0. The Kier molecular flexibility index (Phi) is 4.63. The highest BCUT2D eigenvalue weighted by Crippen LogP contribution is 2.41. The van der Waals surface area contributed by atoms with E-state index < -0.39 is 0 Å². The van der Waals surface area contributed by atoms with Gasteiger partial charge in [-0.15, -0.1) is 0 Å². The molecule has 1 heteroatoms. The zero-order valence-corrected chi connectivity index (χ0v) is 13.8. The Morgan fingerprint density at radius 3 is 2.11 bits per heavy atom. The second-order valence-corrected chi connectivity index (χ2v) is 8.20. The van der Waals surface area contributed by atoms with Gasteiger partial charge in [0, 0.05) is 0 Å². The molecule has 0 N–H and O–H groups in total. The van der Waals surface area contributed by atoms with E-state index in [0.29, 0.717) is 0 Å². The van der Waals surface area contributed by atoms with Gasteiger partial charge in [-0.05, 0) is 67.1 Å². The van der Waals surface area contributed by atoms with E-state index >= 15 is 0 Å². The minimum atomic E-state index is 0.0115. The highest BCUT2D eigenvalue weighted by atomic mass is 31.1. The summed E-state index contributed by atoms with van der Waals surface area (Å²) in [6.07, 6.45) is 3.73. The lowest BCUT2D eigenvalue weighted by Crippen LogP contribution is -2.10. The molecular weight excluding hydrogens is 247 g/mol. The van der Waals surface area contributed by atoms with Crippen LogP contribution in [0.25, 0.3) is 5.57 Å². The van der Waals surface area contributed by atoms with Gasteiger partial charge < -0.3 is 0 Å². The second kappa shape index (κ2) is 6.06. The quantitative estimate of drug-likeness (QED) is 0.648. The molecule has 0 atom stereocenters. The highest BCUT2D eigenvalue weighted by molar-refractivity contribution is 7.65.